The molecule has 1 aromatic rings. The standard InChI is InChI=1S/C16H27N5O.ClH/c1-11-4-7-21(8-5-11)12(2)9-18-16(22)15-13-10-17-6-3-14(13)19-20-15;/h11-12,17H,3-10H2,1-2H3,(H,18,22)(H,19,20);1H. The van der Waals surface area contributed by atoms with E-state index in [1.165, 1.54) is 12.8 Å². The third-order valence-corrected chi connectivity index (χ3v) is 5.02. The number of halogens is 1. The molecule has 7 heteroatoms. The van der Waals surface area contributed by atoms with E-state index >= 15 is 0 Å². The number of hydrogen-bond donors (Lipinski definition) is 3. The molecule has 1 atom stereocenters. The number of piperidine rings is 1. The Balaban J connectivity index is 0.00000192. The summed E-state index contributed by atoms with van der Waals surface area (Å²) in [5.41, 5.74) is 2.69. The second-order valence-corrected chi connectivity index (χ2v) is 6.73. The van der Waals surface area contributed by atoms with Crippen LogP contribution in [0.5, 0.6) is 0 Å². The first-order valence-electron chi connectivity index (χ1n) is 8.44. The molecule has 0 aromatic carbocycles. The molecular weight excluding hydrogens is 314 g/mol. The number of rotatable bonds is 4. The fourth-order valence-electron chi connectivity index (χ4n) is 3.34. The highest BCUT2D eigenvalue weighted by Gasteiger charge is 2.23. The van der Waals surface area contributed by atoms with Gasteiger partial charge in [0.05, 0.1) is 0 Å². The molecule has 3 rings (SSSR count). The Kier molecular flexibility index (Phi) is 6.44. The van der Waals surface area contributed by atoms with Gasteiger partial charge in [0.25, 0.3) is 5.91 Å². The Morgan fingerprint density at radius 3 is 2.91 bits per heavy atom. The number of carbonyl (C=O) groups excluding carboxylic acids is 1. The molecule has 0 aliphatic carbocycles. The lowest BCUT2D eigenvalue weighted by molar-refractivity contribution is 0.0915. The van der Waals surface area contributed by atoms with E-state index in [9.17, 15) is 4.79 Å². The van der Waals surface area contributed by atoms with E-state index in [0.29, 0.717) is 18.3 Å². The van der Waals surface area contributed by atoms with Gasteiger partial charge in [-0.25, -0.2) is 0 Å². The van der Waals surface area contributed by atoms with E-state index in [0.717, 1.165) is 49.8 Å². The number of nitrogens with zero attached hydrogens (tertiary/aromatic N) is 2. The van der Waals surface area contributed by atoms with E-state index in [4.69, 9.17) is 0 Å². The third kappa shape index (κ3) is 4.25. The summed E-state index contributed by atoms with van der Waals surface area (Å²) in [6, 6.07) is 0.379. The van der Waals surface area contributed by atoms with Crippen molar-refractivity contribution >= 4 is 18.3 Å². The highest BCUT2D eigenvalue weighted by atomic mass is 35.5. The normalized spacial score (nSPS) is 20.4. The van der Waals surface area contributed by atoms with E-state index in [-0.39, 0.29) is 18.3 Å². The highest BCUT2D eigenvalue weighted by Crippen LogP contribution is 2.18. The molecule has 1 aromatic heterocycles. The van der Waals surface area contributed by atoms with Crippen molar-refractivity contribution in [1.82, 2.24) is 25.7 Å². The second-order valence-electron chi connectivity index (χ2n) is 6.73. The average Bonchev–Trinajstić information content (AvgIpc) is 2.97. The van der Waals surface area contributed by atoms with Crippen LogP contribution in [0.2, 0.25) is 0 Å². The van der Waals surface area contributed by atoms with Crippen molar-refractivity contribution in [3.05, 3.63) is 17.0 Å². The molecule has 0 saturated carbocycles. The summed E-state index contributed by atoms with van der Waals surface area (Å²) in [5.74, 6) is 0.777. The van der Waals surface area contributed by atoms with Crippen LogP contribution in [-0.4, -0.2) is 53.2 Å². The average molecular weight is 342 g/mol. The van der Waals surface area contributed by atoms with Crippen molar-refractivity contribution in [1.29, 1.82) is 0 Å². The largest absolute Gasteiger partial charge is 0.349 e. The molecule has 23 heavy (non-hydrogen) atoms. The monoisotopic (exact) mass is 341 g/mol. The number of amides is 1. The summed E-state index contributed by atoms with van der Waals surface area (Å²) in [6.45, 7) is 9.15. The third-order valence-electron chi connectivity index (χ3n) is 5.02. The van der Waals surface area contributed by atoms with Crippen LogP contribution in [0.3, 0.4) is 0 Å². The van der Waals surface area contributed by atoms with Gasteiger partial charge in [-0.1, -0.05) is 6.92 Å². The van der Waals surface area contributed by atoms with E-state index < -0.39 is 0 Å². The maximum Gasteiger partial charge on any atom is 0.272 e. The number of likely N-dealkylation sites (tertiary alicyclic amines) is 1. The van der Waals surface area contributed by atoms with Gasteiger partial charge in [0.15, 0.2) is 5.69 Å². The van der Waals surface area contributed by atoms with Crippen LogP contribution in [0.4, 0.5) is 0 Å². The van der Waals surface area contributed by atoms with Crippen LogP contribution in [0.15, 0.2) is 0 Å². The first-order chi connectivity index (χ1) is 10.6. The van der Waals surface area contributed by atoms with Crippen molar-refractivity contribution in [3.8, 4) is 0 Å². The number of H-pyrrole nitrogens is 1. The summed E-state index contributed by atoms with van der Waals surface area (Å²) >= 11 is 0. The smallest absolute Gasteiger partial charge is 0.272 e. The molecule has 3 heterocycles. The van der Waals surface area contributed by atoms with E-state index in [1.54, 1.807) is 0 Å². The molecule has 2 aliphatic heterocycles. The Bertz CT molecular complexity index is 525. The van der Waals surface area contributed by atoms with Gasteiger partial charge in [-0.05, 0) is 38.8 Å². The van der Waals surface area contributed by atoms with Gasteiger partial charge >= 0.3 is 0 Å². The summed E-state index contributed by atoms with van der Waals surface area (Å²) in [4.78, 5) is 14.9. The number of carbonyl (C=O) groups is 1. The van der Waals surface area contributed by atoms with Gasteiger partial charge in [-0.15, -0.1) is 12.4 Å². The minimum Gasteiger partial charge on any atom is -0.349 e. The SMILES string of the molecule is CC1CCN(C(C)CNC(=O)c2n[nH]c3c2CNCC3)CC1.Cl. The predicted molar refractivity (Wildman–Crippen MR) is 93.0 cm³/mol. The van der Waals surface area contributed by atoms with Crippen molar-refractivity contribution in [2.45, 2.75) is 45.7 Å². The molecule has 0 bridgehead atoms. The molecule has 1 saturated heterocycles. The lowest BCUT2D eigenvalue weighted by Crippen LogP contribution is -2.45. The van der Waals surface area contributed by atoms with Gasteiger partial charge in [0, 0.05) is 43.4 Å². The zero-order valence-corrected chi connectivity index (χ0v) is 14.8. The minimum atomic E-state index is -0.0570. The van der Waals surface area contributed by atoms with Gasteiger partial charge in [-0.3, -0.25) is 14.8 Å². The van der Waals surface area contributed by atoms with Crippen LogP contribution < -0.4 is 10.6 Å². The zero-order chi connectivity index (χ0) is 15.5. The Morgan fingerprint density at radius 2 is 2.17 bits per heavy atom. The van der Waals surface area contributed by atoms with Gasteiger partial charge in [0.1, 0.15) is 0 Å². The maximum atomic E-state index is 12.4. The van der Waals surface area contributed by atoms with Crippen molar-refractivity contribution in [2.75, 3.05) is 26.2 Å². The Labute approximate surface area is 144 Å². The maximum absolute atomic E-state index is 12.4. The fraction of sp³-hybridized carbons (Fsp3) is 0.750. The molecule has 1 fully saturated rings. The lowest BCUT2D eigenvalue weighted by Gasteiger charge is -2.34. The molecule has 6 nitrogen and oxygen atoms in total. The number of hydrogen-bond acceptors (Lipinski definition) is 4. The topological polar surface area (TPSA) is 73.0 Å². The van der Waals surface area contributed by atoms with Crippen LogP contribution >= 0.6 is 12.4 Å². The summed E-state index contributed by atoms with van der Waals surface area (Å²) in [6.07, 6.45) is 3.44. The van der Waals surface area contributed by atoms with Gasteiger partial charge in [-0.2, -0.15) is 5.10 Å². The van der Waals surface area contributed by atoms with Crippen LogP contribution in [-0.2, 0) is 13.0 Å². The Morgan fingerprint density at radius 1 is 1.43 bits per heavy atom. The van der Waals surface area contributed by atoms with Gasteiger partial charge < -0.3 is 10.6 Å². The lowest BCUT2D eigenvalue weighted by atomic mass is 9.98. The fourth-order valence-corrected chi connectivity index (χ4v) is 3.34. The molecule has 3 N–H and O–H groups in total. The van der Waals surface area contributed by atoms with Crippen LogP contribution in [0, 0.1) is 5.92 Å². The minimum absolute atomic E-state index is 0. The first kappa shape index (κ1) is 18.2. The molecule has 0 radical (unpaired) electrons. The summed E-state index contributed by atoms with van der Waals surface area (Å²) in [7, 11) is 0. The highest BCUT2D eigenvalue weighted by molar-refractivity contribution is 5.94. The molecule has 130 valence electrons. The number of aromatic nitrogens is 2. The van der Waals surface area contributed by atoms with Crippen LogP contribution in [0.25, 0.3) is 0 Å². The van der Waals surface area contributed by atoms with E-state index in [2.05, 4.69) is 39.6 Å². The first-order valence-corrected chi connectivity index (χ1v) is 8.44. The number of fused-ring (bicyclic) bond motifs is 1. The quantitative estimate of drug-likeness (QED) is 0.772. The van der Waals surface area contributed by atoms with Crippen molar-refractivity contribution in [3.63, 3.8) is 0 Å². The molecule has 0 spiro atoms. The number of nitrogens with one attached hydrogen (secondary N) is 3. The van der Waals surface area contributed by atoms with Gasteiger partial charge in [0.2, 0.25) is 0 Å². The molecular formula is C16H28ClN5O. The molecule has 1 unspecified atom stereocenters. The number of aromatic amines is 1. The van der Waals surface area contributed by atoms with Crippen molar-refractivity contribution < 1.29 is 4.79 Å². The van der Waals surface area contributed by atoms with Crippen molar-refractivity contribution in [2.24, 2.45) is 5.92 Å². The molecule has 1 amide bonds. The summed E-state index contributed by atoms with van der Waals surface area (Å²) < 4.78 is 0. The second kappa shape index (κ2) is 8.13. The molecule has 2 aliphatic rings. The van der Waals surface area contributed by atoms with Crippen LogP contribution in [0.1, 0.15) is 48.4 Å². The summed E-state index contributed by atoms with van der Waals surface area (Å²) in [5, 5.41) is 13.6. The zero-order valence-electron chi connectivity index (χ0n) is 14.0. The Hall–Kier alpha value is -1.11. The predicted octanol–water partition coefficient (Wildman–Crippen LogP) is 1.33. The van der Waals surface area contributed by atoms with E-state index in [1.807, 2.05) is 0 Å².